The average molecular weight is 235 g/mol. The molecule has 82 valence electrons. The summed E-state index contributed by atoms with van der Waals surface area (Å²) >= 11 is 5.82. The number of rotatable bonds is 2. The lowest BCUT2D eigenvalue weighted by atomic mass is 10.1. The van der Waals surface area contributed by atoms with E-state index in [9.17, 15) is 4.79 Å². The van der Waals surface area contributed by atoms with E-state index in [0.717, 1.165) is 23.1 Å². The van der Waals surface area contributed by atoms with Crippen molar-refractivity contribution in [3.8, 4) is 5.69 Å². The molecule has 0 fully saturated rings. The van der Waals surface area contributed by atoms with Crippen LogP contribution < -0.4 is 0 Å². The molecule has 0 unspecified atom stereocenters. The van der Waals surface area contributed by atoms with Crippen LogP contribution in [0.3, 0.4) is 0 Å². The second-order valence-electron chi connectivity index (χ2n) is 3.70. The molecule has 0 saturated heterocycles. The molecular weight excluding hydrogens is 224 g/mol. The maximum atomic E-state index is 10.9. The van der Waals surface area contributed by atoms with E-state index in [-0.39, 0.29) is 5.15 Å². The van der Waals surface area contributed by atoms with Gasteiger partial charge in [0.2, 0.25) is 0 Å². The summed E-state index contributed by atoms with van der Waals surface area (Å²) < 4.78 is 1.71. The Morgan fingerprint density at radius 3 is 2.81 bits per heavy atom. The van der Waals surface area contributed by atoms with Gasteiger partial charge in [0.05, 0.1) is 5.69 Å². The van der Waals surface area contributed by atoms with Gasteiger partial charge in [-0.2, -0.15) is 0 Å². The molecule has 0 N–H and O–H groups in total. The number of imidazole rings is 1. The summed E-state index contributed by atoms with van der Waals surface area (Å²) in [5.74, 6) is 0. The molecule has 0 aliphatic rings. The second kappa shape index (κ2) is 4.10. The molecule has 2 rings (SSSR count). The van der Waals surface area contributed by atoms with Crippen LogP contribution in [0.4, 0.5) is 0 Å². The minimum absolute atomic E-state index is 0.232. The van der Waals surface area contributed by atoms with Crippen LogP contribution in [-0.2, 0) is 0 Å². The van der Waals surface area contributed by atoms with Gasteiger partial charge in [-0.15, -0.1) is 0 Å². The van der Waals surface area contributed by atoms with Crippen molar-refractivity contribution in [1.29, 1.82) is 0 Å². The average Bonchev–Trinajstić information content (AvgIpc) is 2.63. The highest BCUT2D eigenvalue weighted by Gasteiger charge is 2.11. The van der Waals surface area contributed by atoms with Gasteiger partial charge in [0.1, 0.15) is 12.0 Å². The summed E-state index contributed by atoms with van der Waals surface area (Å²) in [6, 6.07) is 6.03. The lowest BCUT2D eigenvalue weighted by Gasteiger charge is -2.09. The Morgan fingerprint density at radius 1 is 1.38 bits per heavy atom. The SMILES string of the molecule is Cc1ccc(C)c(-n2cnc(Cl)c2C=O)c1. The second-order valence-corrected chi connectivity index (χ2v) is 4.06. The van der Waals surface area contributed by atoms with E-state index in [1.165, 1.54) is 0 Å². The van der Waals surface area contributed by atoms with Gasteiger partial charge in [-0.3, -0.25) is 9.36 Å². The standard InChI is InChI=1S/C12H11ClN2O/c1-8-3-4-9(2)10(5-8)15-7-14-12(13)11(15)6-16/h3-7H,1-2H3. The quantitative estimate of drug-likeness (QED) is 0.749. The third-order valence-corrected chi connectivity index (χ3v) is 2.78. The first-order valence-corrected chi connectivity index (χ1v) is 5.27. The minimum atomic E-state index is 0.232. The molecule has 0 amide bonds. The third kappa shape index (κ3) is 1.74. The summed E-state index contributed by atoms with van der Waals surface area (Å²) in [7, 11) is 0. The molecule has 0 atom stereocenters. The molecule has 16 heavy (non-hydrogen) atoms. The van der Waals surface area contributed by atoms with Gasteiger partial charge in [-0.05, 0) is 31.0 Å². The number of hydrogen-bond acceptors (Lipinski definition) is 2. The van der Waals surface area contributed by atoms with Crippen LogP contribution in [-0.4, -0.2) is 15.8 Å². The van der Waals surface area contributed by atoms with Gasteiger partial charge in [0.15, 0.2) is 11.4 Å². The Balaban J connectivity index is 2.66. The summed E-state index contributed by atoms with van der Waals surface area (Å²) in [4.78, 5) is 14.9. The van der Waals surface area contributed by atoms with E-state index in [1.54, 1.807) is 10.9 Å². The number of hydrogen-bond donors (Lipinski definition) is 0. The zero-order valence-electron chi connectivity index (χ0n) is 9.07. The largest absolute Gasteiger partial charge is 0.296 e. The minimum Gasteiger partial charge on any atom is -0.296 e. The monoisotopic (exact) mass is 234 g/mol. The molecule has 0 aliphatic carbocycles. The third-order valence-electron chi connectivity index (χ3n) is 2.49. The van der Waals surface area contributed by atoms with Crippen LogP contribution in [0.5, 0.6) is 0 Å². The van der Waals surface area contributed by atoms with Crippen molar-refractivity contribution in [2.75, 3.05) is 0 Å². The number of carbonyl (C=O) groups is 1. The van der Waals surface area contributed by atoms with Crippen molar-refractivity contribution in [1.82, 2.24) is 9.55 Å². The molecule has 0 aliphatic heterocycles. The Hall–Kier alpha value is -1.61. The maximum absolute atomic E-state index is 10.9. The molecular formula is C12H11ClN2O. The number of aromatic nitrogens is 2. The molecule has 0 bridgehead atoms. The van der Waals surface area contributed by atoms with E-state index in [2.05, 4.69) is 4.98 Å². The van der Waals surface area contributed by atoms with Gasteiger partial charge in [-0.25, -0.2) is 4.98 Å². The van der Waals surface area contributed by atoms with E-state index in [1.807, 2.05) is 32.0 Å². The van der Waals surface area contributed by atoms with Crippen molar-refractivity contribution in [2.24, 2.45) is 0 Å². The number of benzene rings is 1. The molecule has 1 aromatic carbocycles. The molecule has 4 heteroatoms. The number of aldehydes is 1. The molecule has 0 spiro atoms. The van der Waals surface area contributed by atoms with Gasteiger partial charge in [0.25, 0.3) is 0 Å². The van der Waals surface area contributed by atoms with E-state index >= 15 is 0 Å². The van der Waals surface area contributed by atoms with Crippen molar-refractivity contribution < 1.29 is 4.79 Å². The highest BCUT2D eigenvalue weighted by molar-refractivity contribution is 6.31. The Morgan fingerprint density at radius 2 is 2.12 bits per heavy atom. The number of aryl methyl sites for hydroxylation is 2. The molecule has 1 aromatic heterocycles. The normalized spacial score (nSPS) is 10.4. The fraction of sp³-hybridized carbons (Fsp3) is 0.167. The Kier molecular flexibility index (Phi) is 2.79. The van der Waals surface area contributed by atoms with Crippen molar-refractivity contribution in [2.45, 2.75) is 13.8 Å². The lowest BCUT2D eigenvalue weighted by molar-refractivity contribution is 0.111. The van der Waals surface area contributed by atoms with E-state index < -0.39 is 0 Å². The van der Waals surface area contributed by atoms with Crippen molar-refractivity contribution in [3.63, 3.8) is 0 Å². The summed E-state index contributed by atoms with van der Waals surface area (Å²) in [6.45, 7) is 3.99. The summed E-state index contributed by atoms with van der Waals surface area (Å²) in [5.41, 5.74) is 3.52. The first-order valence-electron chi connectivity index (χ1n) is 4.89. The summed E-state index contributed by atoms with van der Waals surface area (Å²) in [6.07, 6.45) is 2.28. The molecule has 1 heterocycles. The maximum Gasteiger partial charge on any atom is 0.170 e. The van der Waals surface area contributed by atoms with Gasteiger partial charge in [0, 0.05) is 0 Å². The van der Waals surface area contributed by atoms with Crippen LogP contribution in [0.1, 0.15) is 21.6 Å². The van der Waals surface area contributed by atoms with Crippen molar-refractivity contribution in [3.05, 3.63) is 46.5 Å². The Labute approximate surface area is 98.7 Å². The predicted octanol–water partition coefficient (Wildman–Crippen LogP) is 2.96. The van der Waals surface area contributed by atoms with Crippen LogP contribution in [0.25, 0.3) is 5.69 Å². The molecule has 3 nitrogen and oxygen atoms in total. The predicted molar refractivity (Wildman–Crippen MR) is 63.4 cm³/mol. The van der Waals surface area contributed by atoms with Crippen LogP contribution in [0.2, 0.25) is 5.15 Å². The van der Waals surface area contributed by atoms with Crippen LogP contribution in [0, 0.1) is 13.8 Å². The van der Waals surface area contributed by atoms with E-state index in [4.69, 9.17) is 11.6 Å². The topological polar surface area (TPSA) is 34.9 Å². The van der Waals surface area contributed by atoms with Crippen molar-refractivity contribution >= 4 is 17.9 Å². The first kappa shape index (κ1) is 10.9. The smallest absolute Gasteiger partial charge is 0.170 e. The van der Waals surface area contributed by atoms with Gasteiger partial charge >= 0.3 is 0 Å². The molecule has 2 aromatic rings. The lowest BCUT2D eigenvalue weighted by Crippen LogP contribution is -2.00. The highest BCUT2D eigenvalue weighted by atomic mass is 35.5. The zero-order valence-corrected chi connectivity index (χ0v) is 9.82. The van der Waals surface area contributed by atoms with Gasteiger partial charge < -0.3 is 0 Å². The molecule has 0 saturated carbocycles. The Bertz CT molecular complexity index is 546. The summed E-state index contributed by atoms with van der Waals surface area (Å²) in [5, 5.41) is 0.232. The molecule has 0 radical (unpaired) electrons. The first-order chi connectivity index (χ1) is 7.63. The van der Waals surface area contributed by atoms with E-state index in [0.29, 0.717) is 5.69 Å². The van der Waals surface area contributed by atoms with Crippen LogP contribution >= 0.6 is 11.6 Å². The van der Waals surface area contributed by atoms with Gasteiger partial charge in [-0.1, -0.05) is 23.7 Å². The number of halogens is 1. The zero-order chi connectivity index (χ0) is 11.7. The highest BCUT2D eigenvalue weighted by Crippen LogP contribution is 2.21. The van der Waals surface area contributed by atoms with Crippen LogP contribution in [0.15, 0.2) is 24.5 Å². The fourth-order valence-electron chi connectivity index (χ4n) is 1.61. The number of carbonyl (C=O) groups excluding carboxylic acids is 1. The number of nitrogens with zero attached hydrogens (tertiary/aromatic N) is 2. The fourth-order valence-corrected chi connectivity index (χ4v) is 1.79.